The number of benzene rings is 2. The van der Waals surface area contributed by atoms with E-state index in [1.54, 1.807) is 69.4 Å². The van der Waals surface area contributed by atoms with Gasteiger partial charge in [-0.2, -0.15) is 0 Å². The third-order valence-electron chi connectivity index (χ3n) is 25.5. The molecular weight excluding hydrogens is 1560 g/mol. The molecule has 8 N–H and O–H groups in total. The molecule has 0 radical (unpaired) electrons. The summed E-state index contributed by atoms with van der Waals surface area (Å²) >= 11 is 6.80. The smallest absolute Gasteiger partial charge is 0.409 e. The Morgan fingerprint density at radius 1 is 0.792 bits per heavy atom. The summed E-state index contributed by atoms with van der Waals surface area (Å²) in [5.41, 5.74) is 11.6. The minimum absolute atomic E-state index is 0.000986. The second-order valence-electron chi connectivity index (χ2n) is 35.1. The number of hydrogen-bond donors (Lipinski definition) is 6. The summed E-state index contributed by atoms with van der Waals surface area (Å²) in [7, 11) is 12.5. The van der Waals surface area contributed by atoms with Crippen molar-refractivity contribution < 1.29 is 91.4 Å². The van der Waals surface area contributed by atoms with E-state index in [1.165, 1.54) is 56.7 Å². The van der Waals surface area contributed by atoms with Gasteiger partial charge in [0, 0.05) is 112 Å². The molecule has 29 heteroatoms. The summed E-state index contributed by atoms with van der Waals surface area (Å²) in [6, 6.07) is 9.31. The quantitative estimate of drug-likeness (QED) is 0.0267. The third-order valence-corrected chi connectivity index (χ3v) is 25.9. The topological polar surface area (TPSA) is 376 Å². The van der Waals surface area contributed by atoms with Gasteiger partial charge in [-0.05, 0) is 150 Å². The summed E-state index contributed by atoms with van der Waals surface area (Å²) in [5.74, 6) is -5.80. The van der Waals surface area contributed by atoms with E-state index in [0.717, 1.165) is 29.5 Å². The van der Waals surface area contributed by atoms with Crippen LogP contribution in [0.3, 0.4) is 0 Å². The van der Waals surface area contributed by atoms with E-state index < -0.39 is 114 Å². The number of alkyl carbamates (subject to hydrolysis) is 1. The molecule has 2 saturated heterocycles. The number of ketones is 3. The number of carbonyl (C=O) groups is 11. The van der Waals surface area contributed by atoms with Gasteiger partial charge in [0.05, 0.1) is 62.1 Å². The fourth-order valence-electron chi connectivity index (χ4n) is 17.8. The number of aliphatic hydroxyl groups excluding tert-OH is 1. The highest BCUT2D eigenvalue weighted by Gasteiger charge is 2.62. The van der Waals surface area contributed by atoms with Gasteiger partial charge in [0.25, 0.3) is 0 Å². The molecule has 0 spiro atoms. The zero-order chi connectivity index (χ0) is 90.1. The second-order valence-corrected chi connectivity index (χ2v) is 35.5. The Balaban J connectivity index is 0.000000429. The monoisotopic (exact) mass is 1700 g/mol. The Hall–Kier alpha value is -7.70. The van der Waals surface area contributed by atoms with Gasteiger partial charge in [0.15, 0.2) is 11.5 Å². The minimum atomic E-state index is -1.80. The largest absolute Gasteiger partial charge is 0.495 e. The van der Waals surface area contributed by atoms with Crippen LogP contribution >= 0.6 is 11.6 Å². The Morgan fingerprint density at radius 3 is 2.00 bits per heavy atom. The molecule has 1 aliphatic carbocycles. The van der Waals surface area contributed by atoms with E-state index >= 15 is 0 Å². The number of fused-ring (bicyclic) bond motifs is 5. The average Bonchev–Trinajstić information content (AvgIpc) is 1.57. The number of likely N-dealkylation sites (tertiary alicyclic amines) is 1. The Bertz CT molecular complexity index is 3830. The van der Waals surface area contributed by atoms with Crippen LogP contribution in [0.2, 0.25) is 5.02 Å². The number of esters is 1. The minimum Gasteiger partial charge on any atom is -0.495 e. The number of methoxy groups -OCH3 is 4. The van der Waals surface area contributed by atoms with E-state index in [0.29, 0.717) is 88.9 Å². The van der Waals surface area contributed by atoms with Crippen molar-refractivity contribution in [3.63, 3.8) is 0 Å². The van der Waals surface area contributed by atoms with Gasteiger partial charge in [-0.3, -0.25) is 43.7 Å². The molecule has 6 rings (SSSR count). The van der Waals surface area contributed by atoms with Crippen molar-refractivity contribution >= 4 is 82.1 Å². The maximum Gasteiger partial charge on any atom is 0.409 e. The van der Waals surface area contributed by atoms with Crippen LogP contribution < -0.4 is 31.7 Å². The Labute approximate surface area is 718 Å². The number of nitrogens with zero attached hydrogens (tertiary/aromatic N) is 5. The van der Waals surface area contributed by atoms with Crippen LogP contribution in [0.15, 0.2) is 66.3 Å². The number of anilines is 1. The van der Waals surface area contributed by atoms with Crippen LogP contribution in [0.4, 0.5) is 10.5 Å². The highest BCUT2D eigenvalue weighted by molar-refractivity contribution is 6.35. The lowest BCUT2D eigenvalue weighted by molar-refractivity contribution is -0.163. The molecule has 120 heavy (non-hydrogen) atoms. The number of ether oxygens (including phenoxy) is 6. The maximum atomic E-state index is 14.7. The number of halogens is 1. The molecule has 4 bridgehead atoms. The molecule has 3 aliphatic heterocycles. The van der Waals surface area contributed by atoms with Gasteiger partial charge in [-0.15, -0.1) is 0 Å². The molecule has 2 aromatic carbocycles. The number of Topliss-reactive ketones (excluding diaryl/α,β-unsaturated/α-hetero) is 3. The van der Waals surface area contributed by atoms with Gasteiger partial charge in [0.1, 0.15) is 52.7 Å². The van der Waals surface area contributed by atoms with Crippen molar-refractivity contribution in [2.24, 2.45) is 70.1 Å². The molecule has 20 atom stereocenters. The number of hydrogen-bond acceptors (Lipinski definition) is 21. The summed E-state index contributed by atoms with van der Waals surface area (Å²) in [6.07, 6.45) is 6.34. The molecule has 1 saturated carbocycles. The number of nitrogens with one attached hydrogen (secondary N) is 2. The molecule has 2 unspecified atom stereocenters. The average molecular weight is 1700 g/mol. The molecule has 4 aliphatic rings. The highest BCUT2D eigenvalue weighted by atomic mass is 35.5. The van der Waals surface area contributed by atoms with Gasteiger partial charge in [-0.25, -0.2) is 9.59 Å². The van der Waals surface area contributed by atoms with Crippen LogP contribution in [0.25, 0.3) is 0 Å². The van der Waals surface area contributed by atoms with Crippen molar-refractivity contribution in [1.82, 2.24) is 30.2 Å². The third kappa shape index (κ3) is 27.4. The number of likely N-dealkylation sites (N-methyl/N-ethyl adjacent to an activating group) is 3. The number of carbonyl (C=O) groups excluding carboxylic acids is 11. The van der Waals surface area contributed by atoms with Crippen LogP contribution in [-0.4, -0.2) is 237 Å². The fourth-order valence-corrected chi connectivity index (χ4v) is 18.1. The number of unbranched alkanes of at least 4 members (excludes halogenated alkanes) is 2. The van der Waals surface area contributed by atoms with Crippen LogP contribution in [0.5, 0.6) is 5.75 Å². The van der Waals surface area contributed by atoms with E-state index in [-0.39, 0.29) is 126 Å². The van der Waals surface area contributed by atoms with Gasteiger partial charge in [0.2, 0.25) is 35.4 Å². The normalized spacial score (nSPS) is 24.4. The standard InChI is InChI=1S/C50H84N4O9.C41H60ClN5O10/c1-14-33(6)46(53(11)50(61)39(31(2)3)29-42(57)45(32(4)5)52(10)49(60)38(28-35(8)55)23-18-19-25-51)43(62-12)30-44(58)54-26-20-24-40(54)48(63-13)36(9)41(56)27-34(7)47(59)37-21-16-15-17-22-37;1-23-13-12-15-33(55-9)41(53)22-32(56-39(52)45-41)24(2)28-21-40(28,5)34(20-35(49)47(7)30-18-27(17-23)19-31(54-8)36(30)42)57-38(51)25(3)46(6)37(50)29(44-26(4)48)14-10-11-16-43/h15-17,21-22,31-34,36,38-40,43,45-48,59H,14,18-20,23-30,51H2,1-13H3;12-13,15,18-19,24-25,28-29,32-34,53H,10-11,14,16-17,20-22,43H2,1-9H3,(H,44,48)(H,45,52)/b;15-12+,23-13+/t33-,34-,36-,38+,39-,40-,43+,45-,46-,47+,48+;24-,25-,28?,29+,32?,33-,34+,40-,41+/m01/s1. The molecule has 3 fully saturated rings. The van der Waals surface area contributed by atoms with E-state index in [9.17, 15) is 63.0 Å². The molecule has 28 nitrogen and oxygen atoms in total. The summed E-state index contributed by atoms with van der Waals surface area (Å²) < 4.78 is 35.3. The number of amides is 7. The zero-order valence-corrected chi connectivity index (χ0v) is 76.3. The summed E-state index contributed by atoms with van der Waals surface area (Å²) in [6.45, 7) is 26.8. The first-order chi connectivity index (χ1) is 56.5. The summed E-state index contributed by atoms with van der Waals surface area (Å²) in [4.78, 5) is 157. The maximum absolute atomic E-state index is 14.7. The van der Waals surface area contributed by atoms with E-state index in [2.05, 4.69) is 10.6 Å². The molecular formula is C91H144ClN9O19. The van der Waals surface area contributed by atoms with Gasteiger partial charge in [-0.1, -0.05) is 148 Å². The van der Waals surface area contributed by atoms with Crippen molar-refractivity contribution in [1.29, 1.82) is 0 Å². The first-order valence-electron chi connectivity index (χ1n) is 43.0. The molecule has 0 aromatic heterocycles. The van der Waals surface area contributed by atoms with E-state index in [1.807, 2.05) is 113 Å². The molecule has 674 valence electrons. The van der Waals surface area contributed by atoms with Crippen LogP contribution in [0, 0.1) is 58.7 Å². The fraction of sp³-hybridized carbons (Fsp3) is 0.703. The predicted molar refractivity (Wildman–Crippen MR) is 462 cm³/mol. The highest BCUT2D eigenvalue weighted by Crippen LogP contribution is 2.62. The van der Waals surface area contributed by atoms with Gasteiger partial charge < -0.3 is 84.7 Å². The zero-order valence-electron chi connectivity index (χ0n) is 75.6. The lowest BCUT2D eigenvalue weighted by Gasteiger charge is -2.42. The SMILES string of the molecule is CC[C@H](C)[C@@H]([C@@H](CC(=O)N1CCC[C@H]1[C@H](OC)[C@@H](C)C(=O)C[C@H](C)[C@@H](O)c1ccccc1)OC)N(C)C(=O)[C@@H](CC(=O)[C@H](C(C)C)N(C)C(=O)[C@H](CCCCN)CC(C)=O)C(C)C.COc1cc2cc(c1Cl)N(C)C(=O)C[C@H](OC(=O)[C@@H](C)N(C)C(=O)[C@H](CCCCN)NC(C)=O)[C@]1(C)CC1[C@@H](C)C1C[C@@](O)(NC(=O)O1)[C@H](OC)/C=C/C=C(\C)C2. The Kier molecular flexibility index (Phi) is 41.0. The lowest BCUT2D eigenvalue weighted by Crippen LogP contribution is -2.63. The van der Waals surface area contributed by atoms with Crippen LogP contribution in [-0.2, 0) is 78.1 Å². The van der Waals surface area contributed by atoms with Gasteiger partial charge >= 0.3 is 12.1 Å². The van der Waals surface area contributed by atoms with Crippen molar-refractivity contribution in [3.05, 3.63) is 82.4 Å². The number of aliphatic hydroxyl groups is 2. The second kappa shape index (κ2) is 47.8. The number of nitrogens with two attached hydrogens (primary N) is 2. The first-order valence-corrected chi connectivity index (χ1v) is 43.4. The van der Waals surface area contributed by atoms with Crippen molar-refractivity contribution in [2.75, 3.05) is 81.2 Å². The van der Waals surface area contributed by atoms with Crippen LogP contribution in [0.1, 0.15) is 217 Å². The number of rotatable bonds is 40. The lowest BCUT2D eigenvalue weighted by atomic mass is 9.83. The number of allylic oxidation sites excluding steroid dienone is 3. The van der Waals surface area contributed by atoms with Crippen molar-refractivity contribution in [3.8, 4) is 5.75 Å². The van der Waals surface area contributed by atoms with Crippen molar-refractivity contribution in [2.45, 2.75) is 279 Å². The predicted octanol–water partition coefficient (Wildman–Crippen LogP) is 10.7. The molecule has 7 amide bonds. The molecule has 3 heterocycles. The summed E-state index contributed by atoms with van der Waals surface area (Å²) in [5, 5.41) is 28.2. The first kappa shape index (κ1) is 103. The Morgan fingerprint density at radius 2 is 1.43 bits per heavy atom. The van der Waals surface area contributed by atoms with E-state index in [4.69, 9.17) is 51.5 Å². The molecule has 2 aromatic rings.